The maximum absolute atomic E-state index is 13.3. The molecule has 2 heterocycles. The summed E-state index contributed by atoms with van der Waals surface area (Å²) in [6, 6.07) is 12.4. The fourth-order valence-electron chi connectivity index (χ4n) is 3.44. The molecule has 4 rings (SSSR count). The van der Waals surface area contributed by atoms with Crippen molar-refractivity contribution in [3.63, 3.8) is 0 Å². The predicted octanol–water partition coefficient (Wildman–Crippen LogP) is 2.69. The van der Waals surface area contributed by atoms with Gasteiger partial charge in [0.25, 0.3) is 11.6 Å². The largest absolute Gasteiger partial charge is 0.497 e. The molecule has 10 nitrogen and oxygen atoms in total. The topological polar surface area (TPSA) is 128 Å². The van der Waals surface area contributed by atoms with Crippen LogP contribution in [0, 0.1) is 10.1 Å². The lowest BCUT2D eigenvalue weighted by molar-refractivity contribution is -0.384. The van der Waals surface area contributed by atoms with Crippen molar-refractivity contribution in [2.45, 2.75) is 6.42 Å². The van der Waals surface area contributed by atoms with Crippen LogP contribution in [0.4, 0.5) is 11.4 Å². The Bertz CT molecular complexity index is 1150. The van der Waals surface area contributed by atoms with E-state index in [0.29, 0.717) is 22.7 Å². The second kappa shape index (κ2) is 7.32. The van der Waals surface area contributed by atoms with E-state index in [0.717, 1.165) is 0 Å². The SMILES string of the molecule is COc1ccc(-n2nc(C(=O)O)c3c2C(=O)N(c2ccc([N+](=O)[O-])cc2)CC3)cc1. The molecule has 0 atom stereocenters. The summed E-state index contributed by atoms with van der Waals surface area (Å²) >= 11 is 0. The van der Waals surface area contributed by atoms with Crippen LogP contribution >= 0.6 is 0 Å². The molecule has 152 valence electrons. The molecule has 2 aromatic carbocycles. The van der Waals surface area contributed by atoms with E-state index in [1.165, 1.54) is 41.0 Å². The first-order valence-corrected chi connectivity index (χ1v) is 8.96. The van der Waals surface area contributed by atoms with Gasteiger partial charge in [-0.3, -0.25) is 14.9 Å². The normalized spacial score (nSPS) is 13.1. The second-order valence-electron chi connectivity index (χ2n) is 6.57. The van der Waals surface area contributed by atoms with Crippen LogP contribution in [-0.4, -0.2) is 45.3 Å². The van der Waals surface area contributed by atoms with Crippen LogP contribution in [0.15, 0.2) is 48.5 Å². The molecule has 1 aliphatic heterocycles. The number of ether oxygens (including phenoxy) is 1. The molecular weight excluding hydrogens is 392 g/mol. The Morgan fingerprint density at radius 1 is 1.13 bits per heavy atom. The summed E-state index contributed by atoms with van der Waals surface area (Å²) in [5.74, 6) is -1.03. The second-order valence-corrected chi connectivity index (χ2v) is 6.57. The third-order valence-corrected chi connectivity index (χ3v) is 4.91. The first kappa shape index (κ1) is 19.1. The van der Waals surface area contributed by atoms with Crippen molar-refractivity contribution < 1.29 is 24.4 Å². The predicted molar refractivity (Wildman–Crippen MR) is 106 cm³/mol. The zero-order valence-electron chi connectivity index (χ0n) is 15.8. The van der Waals surface area contributed by atoms with Gasteiger partial charge in [-0.2, -0.15) is 5.10 Å². The number of carboxylic acid groups (broad SMARTS) is 1. The molecule has 1 aliphatic rings. The third-order valence-electron chi connectivity index (χ3n) is 4.91. The van der Waals surface area contributed by atoms with Gasteiger partial charge in [0.15, 0.2) is 5.69 Å². The van der Waals surface area contributed by atoms with E-state index in [1.54, 1.807) is 24.3 Å². The number of anilines is 1. The maximum Gasteiger partial charge on any atom is 0.356 e. The monoisotopic (exact) mass is 408 g/mol. The van der Waals surface area contributed by atoms with Crippen molar-refractivity contribution in [3.8, 4) is 11.4 Å². The molecule has 0 unspecified atom stereocenters. The highest BCUT2D eigenvalue weighted by molar-refractivity contribution is 6.09. The number of nitro groups is 1. The number of methoxy groups -OCH3 is 1. The molecule has 0 radical (unpaired) electrons. The number of carbonyl (C=O) groups excluding carboxylic acids is 1. The van der Waals surface area contributed by atoms with Crippen LogP contribution in [-0.2, 0) is 6.42 Å². The number of aromatic nitrogens is 2. The van der Waals surface area contributed by atoms with E-state index in [9.17, 15) is 24.8 Å². The van der Waals surface area contributed by atoms with Crippen molar-refractivity contribution in [1.29, 1.82) is 0 Å². The van der Waals surface area contributed by atoms with Gasteiger partial charge in [0.05, 0.1) is 17.7 Å². The van der Waals surface area contributed by atoms with Gasteiger partial charge in [-0.05, 0) is 42.8 Å². The van der Waals surface area contributed by atoms with Crippen molar-refractivity contribution in [3.05, 3.63) is 75.6 Å². The fraction of sp³-hybridized carbons (Fsp3) is 0.150. The number of amides is 1. The quantitative estimate of drug-likeness (QED) is 0.508. The van der Waals surface area contributed by atoms with E-state index < -0.39 is 16.8 Å². The van der Waals surface area contributed by atoms with Gasteiger partial charge in [-0.1, -0.05) is 0 Å². The summed E-state index contributed by atoms with van der Waals surface area (Å²) in [6.07, 6.45) is 0.288. The molecular formula is C20H16N4O6. The van der Waals surface area contributed by atoms with Crippen LogP contribution in [0.3, 0.4) is 0 Å². The van der Waals surface area contributed by atoms with Crippen LogP contribution in [0.1, 0.15) is 26.5 Å². The molecule has 0 saturated carbocycles. The molecule has 1 N–H and O–H groups in total. The average Bonchev–Trinajstić information content (AvgIpc) is 3.15. The van der Waals surface area contributed by atoms with Gasteiger partial charge in [0.2, 0.25) is 0 Å². The summed E-state index contributed by atoms with van der Waals surface area (Å²) in [7, 11) is 1.53. The molecule has 1 aromatic heterocycles. The summed E-state index contributed by atoms with van der Waals surface area (Å²) in [6.45, 7) is 0.234. The highest BCUT2D eigenvalue weighted by Crippen LogP contribution is 2.30. The van der Waals surface area contributed by atoms with Crippen molar-refractivity contribution in [2.24, 2.45) is 0 Å². The molecule has 10 heteroatoms. The molecule has 0 fully saturated rings. The van der Waals surface area contributed by atoms with E-state index in [-0.39, 0.29) is 30.0 Å². The van der Waals surface area contributed by atoms with Gasteiger partial charge in [0, 0.05) is 29.9 Å². The summed E-state index contributed by atoms with van der Waals surface area (Å²) < 4.78 is 6.45. The van der Waals surface area contributed by atoms with Crippen molar-refractivity contribution in [2.75, 3.05) is 18.6 Å². The lowest BCUT2D eigenvalue weighted by Gasteiger charge is -2.27. The van der Waals surface area contributed by atoms with E-state index in [1.807, 2.05) is 0 Å². The van der Waals surface area contributed by atoms with Crippen molar-refractivity contribution in [1.82, 2.24) is 9.78 Å². The zero-order valence-corrected chi connectivity index (χ0v) is 15.8. The maximum atomic E-state index is 13.3. The molecule has 30 heavy (non-hydrogen) atoms. The molecule has 0 spiro atoms. The van der Waals surface area contributed by atoms with E-state index in [4.69, 9.17) is 4.74 Å². The third kappa shape index (κ3) is 3.13. The van der Waals surface area contributed by atoms with Gasteiger partial charge >= 0.3 is 5.97 Å². The Hall–Kier alpha value is -4.21. The van der Waals surface area contributed by atoms with Crippen molar-refractivity contribution >= 4 is 23.3 Å². The lowest BCUT2D eigenvalue weighted by atomic mass is 10.0. The van der Waals surface area contributed by atoms with Crippen LogP contribution in [0.25, 0.3) is 5.69 Å². The Morgan fingerprint density at radius 2 is 1.77 bits per heavy atom. The van der Waals surface area contributed by atoms with Crippen LogP contribution in [0.2, 0.25) is 0 Å². The Balaban J connectivity index is 1.79. The number of hydrogen-bond donors (Lipinski definition) is 1. The minimum Gasteiger partial charge on any atom is -0.497 e. The Kier molecular flexibility index (Phi) is 4.66. The molecule has 0 bridgehead atoms. The number of fused-ring (bicyclic) bond motifs is 1. The summed E-state index contributed by atoms with van der Waals surface area (Å²) in [4.78, 5) is 36.8. The van der Waals surface area contributed by atoms with Crippen LogP contribution < -0.4 is 9.64 Å². The number of carboxylic acids is 1. The van der Waals surface area contributed by atoms with Crippen LogP contribution in [0.5, 0.6) is 5.75 Å². The minimum absolute atomic E-state index is 0.0830. The highest BCUT2D eigenvalue weighted by Gasteiger charge is 2.35. The molecule has 1 amide bonds. The summed E-state index contributed by atoms with van der Waals surface area (Å²) in [5, 5.41) is 24.6. The smallest absolute Gasteiger partial charge is 0.356 e. The average molecular weight is 408 g/mol. The molecule has 0 aliphatic carbocycles. The molecule has 3 aromatic rings. The zero-order chi connectivity index (χ0) is 21.4. The van der Waals surface area contributed by atoms with Gasteiger partial charge in [-0.15, -0.1) is 0 Å². The first-order valence-electron chi connectivity index (χ1n) is 8.96. The highest BCUT2D eigenvalue weighted by atomic mass is 16.6. The van der Waals surface area contributed by atoms with E-state index in [2.05, 4.69) is 5.10 Å². The van der Waals surface area contributed by atoms with Gasteiger partial charge < -0.3 is 14.7 Å². The van der Waals surface area contributed by atoms with Gasteiger partial charge in [-0.25, -0.2) is 9.48 Å². The number of hydrogen-bond acceptors (Lipinski definition) is 6. The summed E-state index contributed by atoms with van der Waals surface area (Å²) in [5.41, 5.74) is 1.26. The Labute approximate surface area is 170 Å². The standard InChI is InChI=1S/C20H16N4O6/c1-30-15-8-6-13(7-9-15)23-18-16(17(21-23)20(26)27)10-11-22(19(18)25)12-2-4-14(5-3-12)24(28)29/h2-9H,10-11H2,1H3,(H,26,27). The Morgan fingerprint density at radius 3 is 2.33 bits per heavy atom. The lowest BCUT2D eigenvalue weighted by Crippen LogP contribution is -2.39. The minimum atomic E-state index is -1.21. The first-order chi connectivity index (χ1) is 14.4. The number of non-ortho nitro benzene ring substituents is 1. The van der Waals surface area contributed by atoms with E-state index >= 15 is 0 Å². The molecule has 0 saturated heterocycles. The number of benzene rings is 2. The number of nitrogens with zero attached hydrogens (tertiary/aromatic N) is 4. The van der Waals surface area contributed by atoms with Gasteiger partial charge in [0.1, 0.15) is 11.4 Å². The number of nitro benzene ring substituents is 1. The fourth-order valence-corrected chi connectivity index (χ4v) is 3.44. The number of rotatable bonds is 5. The number of carbonyl (C=O) groups is 2. The number of aromatic carboxylic acids is 1.